The van der Waals surface area contributed by atoms with Crippen molar-refractivity contribution in [3.63, 3.8) is 0 Å². The summed E-state index contributed by atoms with van der Waals surface area (Å²) in [6.07, 6.45) is 0.906. The maximum atomic E-state index is 12.8. The number of nitrogens with zero attached hydrogens (tertiary/aromatic N) is 1. The van der Waals surface area contributed by atoms with Gasteiger partial charge in [0.05, 0.1) is 31.9 Å². The van der Waals surface area contributed by atoms with Gasteiger partial charge in [0.15, 0.2) is 0 Å². The van der Waals surface area contributed by atoms with Gasteiger partial charge in [-0.05, 0) is 44.9 Å². The third-order valence-corrected chi connectivity index (χ3v) is 4.40. The van der Waals surface area contributed by atoms with Crippen LogP contribution in [0.25, 0.3) is 0 Å². The summed E-state index contributed by atoms with van der Waals surface area (Å²) in [5, 5.41) is 3.08. The lowest BCUT2D eigenvalue weighted by molar-refractivity contribution is -0.0660. The Morgan fingerprint density at radius 2 is 2.09 bits per heavy atom. The number of amides is 2. The van der Waals surface area contributed by atoms with Crippen LogP contribution in [0.1, 0.15) is 45.7 Å². The predicted octanol–water partition coefficient (Wildman–Crippen LogP) is 3.36. The zero-order valence-electron chi connectivity index (χ0n) is 14.8. The maximum Gasteiger partial charge on any atom is 0.318 e. The standard InChI is InChI=1S/C18H28N2O3/c1-6-13(2)19-17(21)20-16(11-23-12-18(20,3)4)14-7-9-15(22-5)10-8-14/h7-10,13,16H,6,11-12H2,1-5H3,(H,19,21)/t13-,16+/m0/s1. The number of nitrogens with one attached hydrogen (secondary N) is 1. The van der Waals surface area contributed by atoms with Crippen molar-refractivity contribution in [1.29, 1.82) is 0 Å². The highest BCUT2D eigenvalue weighted by atomic mass is 16.5. The SMILES string of the molecule is CC[C@H](C)NC(=O)N1[C@@H](c2ccc(OC)cc2)COCC1(C)C. The molecule has 0 saturated carbocycles. The number of hydrogen-bond acceptors (Lipinski definition) is 3. The van der Waals surface area contributed by atoms with E-state index in [9.17, 15) is 4.79 Å². The zero-order chi connectivity index (χ0) is 17.0. The normalized spacial score (nSPS) is 21.6. The lowest BCUT2D eigenvalue weighted by Gasteiger charge is -2.47. The first kappa shape index (κ1) is 17.6. The minimum absolute atomic E-state index is 0.0338. The summed E-state index contributed by atoms with van der Waals surface area (Å²) < 4.78 is 11.0. The molecule has 1 aliphatic heterocycles. The van der Waals surface area contributed by atoms with Crippen molar-refractivity contribution in [2.24, 2.45) is 0 Å². The highest BCUT2D eigenvalue weighted by Gasteiger charge is 2.41. The molecule has 1 aliphatic rings. The van der Waals surface area contributed by atoms with E-state index in [1.165, 1.54) is 0 Å². The fourth-order valence-electron chi connectivity index (χ4n) is 2.86. The predicted molar refractivity (Wildman–Crippen MR) is 90.8 cm³/mol. The highest BCUT2D eigenvalue weighted by molar-refractivity contribution is 5.76. The van der Waals surface area contributed by atoms with Gasteiger partial charge in [0.1, 0.15) is 5.75 Å². The first-order valence-electron chi connectivity index (χ1n) is 8.20. The van der Waals surface area contributed by atoms with E-state index in [0.717, 1.165) is 17.7 Å². The van der Waals surface area contributed by atoms with Gasteiger partial charge in [0.2, 0.25) is 0 Å². The minimum atomic E-state index is -0.361. The Balaban J connectivity index is 2.28. The van der Waals surface area contributed by atoms with E-state index < -0.39 is 0 Å². The number of urea groups is 1. The van der Waals surface area contributed by atoms with Crippen LogP contribution in [0, 0.1) is 0 Å². The zero-order valence-corrected chi connectivity index (χ0v) is 14.8. The Bertz CT molecular complexity index is 528. The van der Waals surface area contributed by atoms with Crippen molar-refractivity contribution >= 4 is 6.03 Å². The topological polar surface area (TPSA) is 50.8 Å². The molecule has 128 valence electrons. The maximum absolute atomic E-state index is 12.8. The van der Waals surface area contributed by atoms with Gasteiger partial charge >= 0.3 is 6.03 Å². The Morgan fingerprint density at radius 3 is 2.65 bits per heavy atom. The molecule has 5 nitrogen and oxygen atoms in total. The fraction of sp³-hybridized carbons (Fsp3) is 0.611. The summed E-state index contributed by atoms with van der Waals surface area (Å²) in [5.41, 5.74) is 0.693. The van der Waals surface area contributed by atoms with E-state index in [1.54, 1.807) is 7.11 Å². The van der Waals surface area contributed by atoms with Gasteiger partial charge in [-0.3, -0.25) is 0 Å². The second kappa shape index (κ2) is 7.21. The number of carbonyl (C=O) groups excluding carboxylic acids is 1. The molecule has 0 spiro atoms. The fourth-order valence-corrected chi connectivity index (χ4v) is 2.86. The van der Waals surface area contributed by atoms with Crippen LogP contribution in [0.15, 0.2) is 24.3 Å². The van der Waals surface area contributed by atoms with Crippen LogP contribution < -0.4 is 10.1 Å². The second-order valence-electron chi connectivity index (χ2n) is 6.75. The molecule has 2 rings (SSSR count). The van der Waals surface area contributed by atoms with Crippen molar-refractivity contribution in [3.05, 3.63) is 29.8 Å². The van der Waals surface area contributed by atoms with E-state index in [4.69, 9.17) is 9.47 Å². The Hall–Kier alpha value is -1.75. The van der Waals surface area contributed by atoms with Gasteiger partial charge in [0.25, 0.3) is 0 Å². The summed E-state index contributed by atoms with van der Waals surface area (Å²) >= 11 is 0. The first-order chi connectivity index (χ1) is 10.9. The molecule has 2 atom stereocenters. The van der Waals surface area contributed by atoms with E-state index >= 15 is 0 Å². The molecule has 23 heavy (non-hydrogen) atoms. The Labute approximate surface area is 139 Å². The molecular weight excluding hydrogens is 292 g/mol. The van der Waals surface area contributed by atoms with Crippen molar-refractivity contribution in [3.8, 4) is 5.75 Å². The Morgan fingerprint density at radius 1 is 1.43 bits per heavy atom. The van der Waals surface area contributed by atoms with Gasteiger partial charge in [-0.15, -0.1) is 0 Å². The summed E-state index contributed by atoms with van der Waals surface area (Å²) in [5.74, 6) is 0.806. The number of carbonyl (C=O) groups is 1. The molecule has 0 aliphatic carbocycles. The molecule has 0 radical (unpaired) electrons. The van der Waals surface area contributed by atoms with Crippen molar-refractivity contribution in [2.75, 3.05) is 20.3 Å². The molecule has 5 heteroatoms. The quantitative estimate of drug-likeness (QED) is 0.925. The molecule has 1 N–H and O–H groups in total. The largest absolute Gasteiger partial charge is 0.497 e. The molecule has 1 aromatic carbocycles. The van der Waals surface area contributed by atoms with Gasteiger partial charge < -0.3 is 19.7 Å². The highest BCUT2D eigenvalue weighted by Crippen LogP contribution is 2.34. The van der Waals surface area contributed by atoms with Crippen LogP contribution in [0.4, 0.5) is 4.79 Å². The van der Waals surface area contributed by atoms with Gasteiger partial charge in [-0.2, -0.15) is 0 Å². The third kappa shape index (κ3) is 3.96. The van der Waals surface area contributed by atoms with E-state index in [0.29, 0.717) is 13.2 Å². The molecule has 1 aromatic rings. The molecule has 0 bridgehead atoms. The number of benzene rings is 1. The van der Waals surface area contributed by atoms with Crippen LogP contribution in [-0.4, -0.2) is 42.8 Å². The van der Waals surface area contributed by atoms with Crippen molar-refractivity contribution < 1.29 is 14.3 Å². The lowest BCUT2D eigenvalue weighted by Crippen LogP contribution is -2.60. The number of hydrogen-bond donors (Lipinski definition) is 1. The number of rotatable bonds is 4. The average molecular weight is 320 g/mol. The van der Waals surface area contributed by atoms with Crippen LogP contribution in [0.3, 0.4) is 0 Å². The molecule has 1 fully saturated rings. The molecule has 2 amide bonds. The summed E-state index contributed by atoms with van der Waals surface area (Å²) in [4.78, 5) is 14.7. The van der Waals surface area contributed by atoms with Gasteiger partial charge in [0, 0.05) is 6.04 Å². The van der Waals surface area contributed by atoms with Crippen molar-refractivity contribution in [2.45, 2.75) is 51.7 Å². The smallest absolute Gasteiger partial charge is 0.318 e. The number of ether oxygens (including phenoxy) is 2. The summed E-state index contributed by atoms with van der Waals surface area (Å²) in [6, 6.07) is 7.85. The summed E-state index contributed by atoms with van der Waals surface area (Å²) in [6.45, 7) is 9.21. The van der Waals surface area contributed by atoms with Crippen molar-refractivity contribution in [1.82, 2.24) is 10.2 Å². The van der Waals surface area contributed by atoms with Gasteiger partial charge in [-0.1, -0.05) is 19.1 Å². The molecule has 1 heterocycles. The minimum Gasteiger partial charge on any atom is -0.497 e. The lowest BCUT2D eigenvalue weighted by atomic mass is 9.95. The van der Waals surface area contributed by atoms with E-state index in [-0.39, 0.29) is 23.7 Å². The van der Waals surface area contributed by atoms with Gasteiger partial charge in [-0.25, -0.2) is 4.79 Å². The molecular formula is C18H28N2O3. The second-order valence-corrected chi connectivity index (χ2v) is 6.75. The monoisotopic (exact) mass is 320 g/mol. The number of morpholine rings is 1. The number of methoxy groups -OCH3 is 1. The van der Waals surface area contributed by atoms with Crippen LogP contribution in [0.2, 0.25) is 0 Å². The van der Waals surface area contributed by atoms with Crippen LogP contribution in [-0.2, 0) is 4.74 Å². The molecule has 1 saturated heterocycles. The molecule has 0 aromatic heterocycles. The molecule has 0 unspecified atom stereocenters. The van der Waals surface area contributed by atoms with Crippen LogP contribution >= 0.6 is 0 Å². The first-order valence-corrected chi connectivity index (χ1v) is 8.20. The van der Waals surface area contributed by atoms with E-state index in [2.05, 4.69) is 12.2 Å². The average Bonchev–Trinajstić information content (AvgIpc) is 2.53. The summed E-state index contributed by atoms with van der Waals surface area (Å²) in [7, 11) is 1.65. The van der Waals surface area contributed by atoms with Crippen LogP contribution in [0.5, 0.6) is 5.75 Å². The van der Waals surface area contributed by atoms with E-state index in [1.807, 2.05) is 49.9 Å². The third-order valence-electron chi connectivity index (χ3n) is 4.40. The Kier molecular flexibility index (Phi) is 5.52.